The van der Waals surface area contributed by atoms with Gasteiger partial charge in [0.25, 0.3) is 0 Å². The van der Waals surface area contributed by atoms with Crippen LogP contribution in [0.2, 0.25) is 0 Å². The Balaban J connectivity index is 2.13. The Morgan fingerprint density at radius 3 is 2.31 bits per heavy atom. The van der Waals surface area contributed by atoms with E-state index in [0.29, 0.717) is 6.54 Å². The van der Waals surface area contributed by atoms with Crippen LogP contribution in [-0.2, 0) is 16.1 Å². The van der Waals surface area contributed by atoms with E-state index in [1.807, 2.05) is 68.4 Å². The van der Waals surface area contributed by atoms with Crippen molar-refractivity contribution in [3.8, 4) is 5.75 Å². The van der Waals surface area contributed by atoms with Gasteiger partial charge in [0, 0.05) is 17.5 Å². The molecule has 29 heavy (non-hydrogen) atoms. The van der Waals surface area contributed by atoms with Gasteiger partial charge in [-0.15, -0.1) is 11.8 Å². The highest BCUT2D eigenvalue weighted by Crippen LogP contribution is 2.20. The summed E-state index contributed by atoms with van der Waals surface area (Å²) in [6.07, 6.45) is 0.842. The van der Waals surface area contributed by atoms with Crippen LogP contribution < -0.4 is 10.1 Å². The molecule has 5 nitrogen and oxygen atoms in total. The summed E-state index contributed by atoms with van der Waals surface area (Å²) in [6.45, 7) is 6.14. The summed E-state index contributed by atoms with van der Waals surface area (Å²) in [7, 11) is 1.62. The standard InChI is InChI=1S/C23H30N2O3S/c1-5-17(2)24-23(27)18(3)25(15-19-11-13-20(28-4)14-12-19)22(26)16-29-21-9-7-6-8-10-21/h6-14,17-18H,5,15-16H2,1-4H3,(H,24,27)/t17-,18-/m1/s1. The highest BCUT2D eigenvalue weighted by atomic mass is 32.2. The molecule has 0 aliphatic heterocycles. The fraction of sp³-hybridized carbons (Fsp3) is 0.391. The molecule has 2 atom stereocenters. The molecular weight excluding hydrogens is 384 g/mol. The van der Waals surface area contributed by atoms with E-state index in [9.17, 15) is 9.59 Å². The van der Waals surface area contributed by atoms with E-state index in [4.69, 9.17) is 4.74 Å². The second-order valence-electron chi connectivity index (χ2n) is 6.97. The van der Waals surface area contributed by atoms with Gasteiger partial charge in [-0.05, 0) is 50.1 Å². The molecule has 2 aromatic rings. The molecule has 0 spiro atoms. The lowest BCUT2D eigenvalue weighted by molar-refractivity contribution is -0.138. The zero-order valence-corrected chi connectivity index (χ0v) is 18.4. The SMILES string of the molecule is CC[C@@H](C)NC(=O)[C@@H](C)N(Cc1ccc(OC)cc1)C(=O)CSc1ccccc1. The number of hydrogen-bond acceptors (Lipinski definition) is 4. The molecule has 0 radical (unpaired) electrons. The molecule has 2 rings (SSSR count). The van der Waals surface area contributed by atoms with Gasteiger partial charge in [-0.2, -0.15) is 0 Å². The average Bonchev–Trinajstić information content (AvgIpc) is 2.76. The summed E-state index contributed by atoms with van der Waals surface area (Å²) in [4.78, 5) is 28.4. The van der Waals surface area contributed by atoms with Gasteiger partial charge in [0.15, 0.2) is 0 Å². The first kappa shape index (κ1) is 22.8. The predicted octanol–water partition coefficient (Wildman–Crippen LogP) is 4.12. The molecule has 0 fully saturated rings. The van der Waals surface area contributed by atoms with Crippen LogP contribution in [0, 0.1) is 0 Å². The number of nitrogens with one attached hydrogen (secondary N) is 1. The van der Waals surface area contributed by atoms with E-state index < -0.39 is 6.04 Å². The molecule has 0 aliphatic carbocycles. The monoisotopic (exact) mass is 414 g/mol. The van der Waals surface area contributed by atoms with Crippen molar-refractivity contribution < 1.29 is 14.3 Å². The third kappa shape index (κ3) is 7.13. The second kappa shape index (κ2) is 11.5. The van der Waals surface area contributed by atoms with Gasteiger partial charge < -0.3 is 15.0 Å². The third-order valence-electron chi connectivity index (χ3n) is 4.79. The van der Waals surface area contributed by atoms with Crippen molar-refractivity contribution in [2.45, 2.75) is 50.7 Å². The number of methoxy groups -OCH3 is 1. The van der Waals surface area contributed by atoms with Crippen LogP contribution in [0.1, 0.15) is 32.8 Å². The third-order valence-corrected chi connectivity index (χ3v) is 5.78. The molecule has 0 unspecified atom stereocenters. The first-order chi connectivity index (χ1) is 13.9. The quantitative estimate of drug-likeness (QED) is 0.594. The lowest BCUT2D eigenvalue weighted by Gasteiger charge is -2.29. The molecule has 0 saturated heterocycles. The Labute approximate surface area is 177 Å². The minimum Gasteiger partial charge on any atom is -0.497 e. The fourth-order valence-electron chi connectivity index (χ4n) is 2.72. The lowest BCUT2D eigenvalue weighted by Crippen LogP contribution is -2.50. The molecule has 0 saturated carbocycles. The number of nitrogens with zero attached hydrogens (tertiary/aromatic N) is 1. The summed E-state index contributed by atoms with van der Waals surface area (Å²) in [5.74, 6) is 0.836. The van der Waals surface area contributed by atoms with Crippen molar-refractivity contribution in [1.82, 2.24) is 10.2 Å². The number of thioether (sulfide) groups is 1. The number of carbonyl (C=O) groups excluding carboxylic acids is 2. The van der Waals surface area contributed by atoms with Crippen molar-refractivity contribution >= 4 is 23.6 Å². The highest BCUT2D eigenvalue weighted by molar-refractivity contribution is 8.00. The van der Waals surface area contributed by atoms with Crippen LogP contribution >= 0.6 is 11.8 Å². The number of benzene rings is 2. The normalized spacial score (nSPS) is 12.7. The van der Waals surface area contributed by atoms with Crippen molar-refractivity contribution in [2.24, 2.45) is 0 Å². The van der Waals surface area contributed by atoms with Crippen LogP contribution in [0.3, 0.4) is 0 Å². The molecule has 1 N–H and O–H groups in total. The largest absolute Gasteiger partial charge is 0.497 e. The van der Waals surface area contributed by atoms with Gasteiger partial charge in [0.1, 0.15) is 11.8 Å². The van der Waals surface area contributed by atoms with Gasteiger partial charge in [-0.1, -0.05) is 37.3 Å². The lowest BCUT2D eigenvalue weighted by atomic mass is 10.1. The molecule has 0 heterocycles. The smallest absolute Gasteiger partial charge is 0.242 e. The molecule has 0 aliphatic rings. The van der Waals surface area contributed by atoms with E-state index in [-0.39, 0.29) is 23.6 Å². The Morgan fingerprint density at radius 1 is 1.07 bits per heavy atom. The second-order valence-corrected chi connectivity index (χ2v) is 8.01. The Morgan fingerprint density at radius 2 is 1.72 bits per heavy atom. The molecule has 6 heteroatoms. The fourth-order valence-corrected chi connectivity index (χ4v) is 3.53. The first-order valence-electron chi connectivity index (χ1n) is 9.85. The highest BCUT2D eigenvalue weighted by Gasteiger charge is 2.26. The average molecular weight is 415 g/mol. The maximum atomic E-state index is 13.0. The van der Waals surface area contributed by atoms with Crippen molar-refractivity contribution in [3.63, 3.8) is 0 Å². The number of rotatable bonds is 10. The maximum Gasteiger partial charge on any atom is 0.242 e. The Hall–Kier alpha value is -2.47. The van der Waals surface area contributed by atoms with Crippen molar-refractivity contribution in [1.29, 1.82) is 0 Å². The summed E-state index contributed by atoms with van der Waals surface area (Å²) in [5.41, 5.74) is 0.951. The number of amides is 2. The van der Waals surface area contributed by atoms with E-state index >= 15 is 0 Å². The summed E-state index contributed by atoms with van der Waals surface area (Å²) >= 11 is 1.48. The Bertz CT molecular complexity index is 780. The minimum atomic E-state index is -0.560. The van der Waals surface area contributed by atoms with Gasteiger partial charge in [0.2, 0.25) is 11.8 Å². The van der Waals surface area contributed by atoms with Crippen molar-refractivity contribution in [2.75, 3.05) is 12.9 Å². The number of carbonyl (C=O) groups is 2. The summed E-state index contributed by atoms with van der Waals surface area (Å²) in [6, 6.07) is 16.9. The zero-order chi connectivity index (χ0) is 21.2. The predicted molar refractivity (Wildman–Crippen MR) is 118 cm³/mol. The molecule has 2 amide bonds. The number of ether oxygens (including phenoxy) is 1. The Kier molecular flexibility index (Phi) is 9.06. The van der Waals surface area contributed by atoms with E-state index in [1.165, 1.54) is 11.8 Å². The zero-order valence-electron chi connectivity index (χ0n) is 17.6. The number of hydrogen-bond donors (Lipinski definition) is 1. The molecule has 0 bridgehead atoms. The van der Waals surface area contributed by atoms with Crippen LogP contribution in [0.5, 0.6) is 5.75 Å². The van der Waals surface area contributed by atoms with E-state index in [2.05, 4.69) is 5.32 Å². The molecular formula is C23H30N2O3S. The summed E-state index contributed by atoms with van der Waals surface area (Å²) in [5, 5.41) is 2.98. The topological polar surface area (TPSA) is 58.6 Å². The van der Waals surface area contributed by atoms with Crippen LogP contribution in [0.25, 0.3) is 0 Å². The van der Waals surface area contributed by atoms with Gasteiger partial charge in [0.05, 0.1) is 12.9 Å². The van der Waals surface area contributed by atoms with Crippen LogP contribution in [0.15, 0.2) is 59.5 Å². The first-order valence-corrected chi connectivity index (χ1v) is 10.8. The van der Waals surface area contributed by atoms with Gasteiger partial charge >= 0.3 is 0 Å². The van der Waals surface area contributed by atoms with Crippen molar-refractivity contribution in [3.05, 3.63) is 60.2 Å². The summed E-state index contributed by atoms with van der Waals surface area (Å²) < 4.78 is 5.20. The maximum absolute atomic E-state index is 13.0. The van der Waals surface area contributed by atoms with Crippen LogP contribution in [0.4, 0.5) is 0 Å². The van der Waals surface area contributed by atoms with Gasteiger partial charge in [-0.3, -0.25) is 9.59 Å². The van der Waals surface area contributed by atoms with E-state index in [1.54, 1.807) is 18.9 Å². The molecule has 156 valence electrons. The molecule has 0 aromatic heterocycles. The van der Waals surface area contributed by atoms with Crippen LogP contribution in [-0.4, -0.2) is 41.7 Å². The van der Waals surface area contributed by atoms with E-state index in [0.717, 1.165) is 22.6 Å². The molecule has 2 aromatic carbocycles. The van der Waals surface area contributed by atoms with Gasteiger partial charge in [-0.25, -0.2) is 0 Å². The minimum absolute atomic E-state index is 0.0681.